The zero-order valence-corrected chi connectivity index (χ0v) is 10.1. The van der Waals surface area contributed by atoms with Gasteiger partial charge in [0.2, 0.25) is 0 Å². The van der Waals surface area contributed by atoms with Crippen LogP contribution in [0.2, 0.25) is 0 Å². The van der Waals surface area contributed by atoms with Crippen molar-refractivity contribution in [2.75, 3.05) is 0 Å². The molecule has 1 N–H and O–H groups in total. The number of benzene rings is 1. The molecule has 0 spiro atoms. The molecule has 0 amide bonds. The number of hydrogen-bond acceptors (Lipinski definition) is 2. The van der Waals surface area contributed by atoms with Gasteiger partial charge in [-0.15, -0.1) is 11.5 Å². The van der Waals surface area contributed by atoms with Gasteiger partial charge in [-0.1, -0.05) is 12.3 Å². The smallest absolute Gasteiger partial charge is 0.335 e. The zero-order valence-electron chi connectivity index (χ0n) is 7.27. The van der Waals surface area contributed by atoms with Crippen LogP contribution in [0.4, 0.5) is 0 Å². The van der Waals surface area contributed by atoms with Crippen molar-refractivity contribution in [1.29, 1.82) is 0 Å². The van der Waals surface area contributed by atoms with E-state index in [2.05, 4.69) is 11.1 Å². The minimum atomic E-state index is -0.934. The van der Waals surface area contributed by atoms with Crippen molar-refractivity contribution in [1.82, 2.24) is 4.98 Å². The number of aromatic carboxylic acids is 1. The Morgan fingerprint density at radius 3 is 2.93 bits per heavy atom. The molecule has 67 valence electrons. The number of rotatable bonds is 1. The van der Waals surface area contributed by atoms with Gasteiger partial charge in [-0.25, -0.2) is 16.9 Å². The molecule has 0 unspecified atom stereocenters. The molecule has 0 saturated carbocycles. The summed E-state index contributed by atoms with van der Waals surface area (Å²) in [7, 11) is 0. The Labute approximate surface area is 106 Å². The number of carbonyl (C=O) groups is 1. The molecule has 0 atom stereocenters. The fraction of sp³-hybridized carbons (Fsp3) is 0. The number of carboxylic acids is 1. The molecule has 4 heteroatoms. The Morgan fingerprint density at radius 1 is 1.43 bits per heavy atom. The van der Waals surface area contributed by atoms with E-state index in [1.807, 2.05) is 0 Å². The second-order valence-electron chi connectivity index (χ2n) is 2.65. The number of carboxylic acid groups (broad SMARTS) is 1. The summed E-state index contributed by atoms with van der Waals surface area (Å²) in [5.74, 6) is -0.934. The third kappa shape index (κ3) is 2.17. The number of fused-ring (bicyclic) bond motifs is 1. The summed E-state index contributed by atoms with van der Waals surface area (Å²) in [6.07, 6.45) is 1.52. The molecule has 1 aromatic carbocycles. The summed E-state index contributed by atoms with van der Waals surface area (Å²) in [5.41, 5.74) is 0.935. The maximum absolute atomic E-state index is 10.6. The predicted molar refractivity (Wildman–Crippen MR) is 47.5 cm³/mol. The van der Waals surface area contributed by atoms with Gasteiger partial charge in [0.25, 0.3) is 0 Å². The molecule has 0 fully saturated rings. The van der Waals surface area contributed by atoms with E-state index in [1.54, 1.807) is 24.3 Å². The standard InChI is InChI=1S/C10H6NO2.Y/c12-10(13)8-4-3-7-2-1-5-11-9(7)6-8;/h2-6H,(H,12,13);/q-1;. The molecule has 1 heterocycles. The Morgan fingerprint density at radius 2 is 2.21 bits per heavy atom. The zero-order chi connectivity index (χ0) is 9.26. The Bertz CT molecular complexity index is 470. The van der Waals surface area contributed by atoms with E-state index in [0.29, 0.717) is 5.52 Å². The summed E-state index contributed by atoms with van der Waals surface area (Å²) >= 11 is 0. The molecule has 0 aliphatic carbocycles. The van der Waals surface area contributed by atoms with Crippen molar-refractivity contribution < 1.29 is 42.6 Å². The van der Waals surface area contributed by atoms with Crippen molar-refractivity contribution in [2.24, 2.45) is 0 Å². The van der Waals surface area contributed by atoms with Crippen molar-refractivity contribution >= 4 is 16.9 Å². The van der Waals surface area contributed by atoms with Gasteiger partial charge in [0.15, 0.2) is 0 Å². The van der Waals surface area contributed by atoms with Gasteiger partial charge in [-0.05, 0) is 11.6 Å². The van der Waals surface area contributed by atoms with E-state index in [1.165, 1.54) is 6.20 Å². The van der Waals surface area contributed by atoms with Crippen molar-refractivity contribution in [3.63, 3.8) is 0 Å². The first-order chi connectivity index (χ1) is 6.27. The molecule has 0 aliphatic rings. The first-order valence-electron chi connectivity index (χ1n) is 3.76. The van der Waals surface area contributed by atoms with E-state index in [0.717, 1.165) is 5.39 Å². The number of nitrogens with zero attached hydrogens (tertiary/aromatic N) is 1. The third-order valence-electron chi connectivity index (χ3n) is 1.79. The molecule has 1 aromatic heterocycles. The van der Waals surface area contributed by atoms with Crippen LogP contribution in [0.25, 0.3) is 10.9 Å². The van der Waals surface area contributed by atoms with Crippen LogP contribution in [0.5, 0.6) is 0 Å². The van der Waals surface area contributed by atoms with Crippen LogP contribution < -0.4 is 0 Å². The molecule has 2 aromatic rings. The second kappa shape index (κ2) is 4.62. The van der Waals surface area contributed by atoms with Crippen molar-refractivity contribution in [3.8, 4) is 0 Å². The maximum Gasteiger partial charge on any atom is 0.335 e. The summed E-state index contributed by atoms with van der Waals surface area (Å²) < 4.78 is 0. The van der Waals surface area contributed by atoms with Gasteiger partial charge >= 0.3 is 5.97 Å². The van der Waals surface area contributed by atoms with Crippen LogP contribution in [-0.2, 0) is 32.7 Å². The van der Waals surface area contributed by atoms with Gasteiger partial charge in [-0.3, -0.25) is 4.98 Å². The average molecular weight is 261 g/mol. The molecule has 1 radical (unpaired) electrons. The normalized spacial score (nSPS) is 9.43. The molecule has 14 heavy (non-hydrogen) atoms. The Balaban J connectivity index is 0.000000980. The van der Waals surface area contributed by atoms with Crippen molar-refractivity contribution in [2.45, 2.75) is 0 Å². The molecular formula is C10H6NO2Y-. The SMILES string of the molecule is O=C(O)c1ccc2c[c-]cnc2c1.[Y]. The number of pyridine rings is 1. The van der Waals surface area contributed by atoms with Gasteiger partial charge in [0.1, 0.15) is 0 Å². The topological polar surface area (TPSA) is 50.2 Å². The van der Waals surface area contributed by atoms with Crippen LogP contribution in [-0.4, -0.2) is 16.1 Å². The van der Waals surface area contributed by atoms with Crippen LogP contribution >= 0.6 is 0 Å². The van der Waals surface area contributed by atoms with E-state index < -0.39 is 5.97 Å². The first kappa shape index (κ1) is 11.3. The molecule has 2 rings (SSSR count). The first-order valence-corrected chi connectivity index (χ1v) is 3.76. The summed E-state index contributed by atoms with van der Waals surface area (Å²) in [6.45, 7) is 0. The van der Waals surface area contributed by atoms with Crippen LogP contribution in [0.3, 0.4) is 0 Å². The maximum atomic E-state index is 10.6. The minimum Gasteiger partial charge on any atom is -0.478 e. The van der Waals surface area contributed by atoms with Gasteiger partial charge in [-0.2, -0.15) is 0 Å². The second-order valence-corrected chi connectivity index (χ2v) is 2.65. The quantitative estimate of drug-likeness (QED) is 0.795. The van der Waals surface area contributed by atoms with E-state index >= 15 is 0 Å². The average Bonchev–Trinajstić information content (AvgIpc) is 2.17. The Kier molecular flexibility index (Phi) is 3.72. The van der Waals surface area contributed by atoms with Gasteiger partial charge < -0.3 is 5.11 Å². The van der Waals surface area contributed by atoms with E-state index in [4.69, 9.17) is 5.11 Å². The molecule has 0 bridgehead atoms. The monoisotopic (exact) mass is 261 g/mol. The third-order valence-corrected chi connectivity index (χ3v) is 1.79. The number of hydrogen-bond donors (Lipinski definition) is 1. The van der Waals surface area contributed by atoms with Gasteiger partial charge in [0.05, 0.1) is 5.56 Å². The van der Waals surface area contributed by atoms with E-state index in [-0.39, 0.29) is 38.3 Å². The van der Waals surface area contributed by atoms with Crippen LogP contribution in [0.1, 0.15) is 10.4 Å². The summed E-state index contributed by atoms with van der Waals surface area (Å²) in [4.78, 5) is 14.6. The molecule has 0 saturated heterocycles. The summed E-state index contributed by atoms with van der Waals surface area (Å²) in [6, 6.07) is 9.42. The van der Waals surface area contributed by atoms with Crippen molar-refractivity contribution in [3.05, 3.63) is 42.1 Å². The van der Waals surface area contributed by atoms with E-state index in [9.17, 15) is 4.79 Å². The fourth-order valence-electron chi connectivity index (χ4n) is 1.14. The van der Waals surface area contributed by atoms with Crippen LogP contribution in [0.15, 0.2) is 30.5 Å². The van der Waals surface area contributed by atoms with Gasteiger partial charge in [0, 0.05) is 32.7 Å². The molecule has 0 aliphatic heterocycles. The molecular weight excluding hydrogens is 255 g/mol. The molecule has 3 nitrogen and oxygen atoms in total. The minimum absolute atomic E-state index is 0. The predicted octanol–water partition coefficient (Wildman–Crippen LogP) is 1.73. The van der Waals surface area contributed by atoms with Crippen LogP contribution in [0, 0.1) is 6.07 Å². The Hall–Kier alpha value is -0.796. The number of aromatic nitrogens is 1. The largest absolute Gasteiger partial charge is 0.478 e. The summed E-state index contributed by atoms with van der Waals surface area (Å²) in [5, 5.41) is 9.60. The fourth-order valence-corrected chi connectivity index (χ4v) is 1.14.